The highest BCUT2D eigenvalue weighted by molar-refractivity contribution is 5.50. The molecule has 0 radical (unpaired) electrons. The van der Waals surface area contributed by atoms with Crippen molar-refractivity contribution < 1.29 is 5.11 Å². The molecular formula is C17H19NO. The smallest absolute Gasteiger partial charge is 0.0682 e. The molecule has 0 fully saturated rings. The molecule has 2 nitrogen and oxygen atoms in total. The first-order valence-electron chi connectivity index (χ1n) is 6.82. The van der Waals surface area contributed by atoms with E-state index >= 15 is 0 Å². The number of aliphatic hydroxyl groups is 1. The molecular weight excluding hydrogens is 234 g/mol. The van der Waals surface area contributed by atoms with Gasteiger partial charge in [0.2, 0.25) is 0 Å². The van der Waals surface area contributed by atoms with Crippen molar-refractivity contribution in [1.29, 1.82) is 0 Å². The predicted octanol–water partition coefficient (Wildman–Crippen LogP) is 3.59. The molecule has 0 saturated heterocycles. The third-order valence-electron chi connectivity index (χ3n) is 3.83. The van der Waals surface area contributed by atoms with E-state index in [0.29, 0.717) is 6.04 Å². The first kappa shape index (κ1) is 12.2. The van der Waals surface area contributed by atoms with Gasteiger partial charge in [-0.25, -0.2) is 0 Å². The lowest BCUT2D eigenvalue weighted by Gasteiger charge is -2.16. The molecule has 1 aliphatic rings. The standard InChI is InChI=1S/C17H19NO/c1-12-5-6-14-7-8-17(16(14)9-12)18-15-4-2-3-13(10-15)11-19/h2-6,9-10,17-19H,7-8,11H2,1H3. The second-order valence-corrected chi connectivity index (χ2v) is 5.30. The quantitative estimate of drug-likeness (QED) is 0.876. The maximum absolute atomic E-state index is 9.19. The molecule has 98 valence electrons. The summed E-state index contributed by atoms with van der Waals surface area (Å²) >= 11 is 0. The SMILES string of the molecule is Cc1ccc2c(c1)C(Nc1cccc(CO)c1)CC2. The van der Waals surface area contributed by atoms with Crippen LogP contribution in [0.1, 0.15) is 34.7 Å². The summed E-state index contributed by atoms with van der Waals surface area (Å²) < 4.78 is 0. The van der Waals surface area contributed by atoms with E-state index in [0.717, 1.165) is 24.1 Å². The molecule has 19 heavy (non-hydrogen) atoms. The number of benzene rings is 2. The first-order chi connectivity index (χ1) is 9.26. The Morgan fingerprint density at radius 2 is 2.11 bits per heavy atom. The summed E-state index contributed by atoms with van der Waals surface area (Å²) in [4.78, 5) is 0. The van der Waals surface area contributed by atoms with Crippen LogP contribution >= 0.6 is 0 Å². The summed E-state index contributed by atoms with van der Waals surface area (Å²) in [7, 11) is 0. The van der Waals surface area contributed by atoms with Crippen molar-refractivity contribution in [2.45, 2.75) is 32.4 Å². The minimum Gasteiger partial charge on any atom is -0.392 e. The summed E-state index contributed by atoms with van der Waals surface area (Å²) in [6, 6.07) is 15.1. The number of hydrogen-bond acceptors (Lipinski definition) is 2. The van der Waals surface area contributed by atoms with Gasteiger partial charge in [-0.1, -0.05) is 35.9 Å². The Labute approximate surface area is 114 Å². The highest BCUT2D eigenvalue weighted by atomic mass is 16.3. The molecule has 1 atom stereocenters. The largest absolute Gasteiger partial charge is 0.392 e. The van der Waals surface area contributed by atoms with Crippen LogP contribution in [-0.2, 0) is 13.0 Å². The molecule has 0 spiro atoms. The van der Waals surface area contributed by atoms with E-state index < -0.39 is 0 Å². The van der Waals surface area contributed by atoms with Crippen molar-refractivity contribution in [2.24, 2.45) is 0 Å². The predicted molar refractivity (Wildman–Crippen MR) is 78.2 cm³/mol. The molecule has 2 N–H and O–H groups in total. The molecule has 0 aromatic heterocycles. The number of hydrogen-bond donors (Lipinski definition) is 2. The third kappa shape index (κ3) is 2.49. The third-order valence-corrected chi connectivity index (χ3v) is 3.83. The number of rotatable bonds is 3. The monoisotopic (exact) mass is 253 g/mol. The van der Waals surface area contributed by atoms with Gasteiger partial charge in [0.25, 0.3) is 0 Å². The van der Waals surface area contributed by atoms with E-state index in [4.69, 9.17) is 0 Å². The van der Waals surface area contributed by atoms with Gasteiger partial charge in [-0.3, -0.25) is 0 Å². The minimum atomic E-state index is 0.0931. The molecule has 0 amide bonds. The Morgan fingerprint density at radius 1 is 1.21 bits per heavy atom. The molecule has 3 rings (SSSR count). The van der Waals surface area contributed by atoms with Crippen molar-refractivity contribution in [3.8, 4) is 0 Å². The summed E-state index contributed by atoms with van der Waals surface area (Å²) in [5.41, 5.74) is 6.24. The van der Waals surface area contributed by atoms with Gasteiger partial charge in [0.05, 0.1) is 12.6 Å². The number of aryl methyl sites for hydroxylation is 2. The lowest BCUT2D eigenvalue weighted by atomic mass is 10.0. The van der Waals surface area contributed by atoms with Crippen LogP contribution in [0.2, 0.25) is 0 Å². The average molecular weight is 253 g/mol. The van der Waals surface area contributed by atoms with Gasteiger partial charge < -0.3 is 10.4 Å². The molecule has 1 unspecified atom stereocenters. The Bertz CT molecular complexity index is 592. The topological polar surface area (TPSA) is 32.3 Å². The van der Waals surface area contributed by atoms with Crippen LogP contribution in [0.3, 0.4) is 0 Å². The van der Waals surface area contributed by atoms with E-state index in [1.165, 1.54) is 16.7 Å². The summed E-state index contributed by atoms with van der Waals surface area (Å²) in [5.74, 6) is 0. The van der Waals surface area contributed by atoms with Crippen molar-refractivity contribution in [1.82, 2.24) is 0 Å². The molecule has 0 bridgehead atoms. The van der Waals surface area contributed by atoms with Crippen LogP contribution < -0.4 is 5.32 Å². The van der Waals surface area contributed by atoms with E-state index in [1.807, 2.05) is 18.2 Å². The van der Waals surface area contributed by atoms with Crippen LogP contribution in [0.4, 0.5) is 5.69 Å². The number of fused-ring (bicyclic) bond motifs is 1. The van der Waals surface area contributed by atoms with Crippen molar-refractivity contribution in [3.63, 3.8) is 0 Å². The maximum atomic E-state index is 9.19. The van der Waals surface area contributed by atoms with E-state index in [1.54, 1.807) is 0 Å². The molecule has 0 heterocycles. The summed E-state index contributed by atoms with van der Waals surface area (Å²) in [6.07, 6.45) is 2.29. The first-order valence-corrected chi connectivity index (χ1v) is 6.82. The van der Waals surface area contributed by atoms with Gasteiger partial charge >= 0.3 is 0 Å². The van der Waals surface area contributed by atoms with Crippen molar-refractivity contribution >= 4 is 5.69 Å². The summed E-state index contributed by atoms with van der Waals surface area (Å²) in [5, 5.41) is 12.8. The highest BCUT2D eigenvalue weighted by Gasteiger charge is 2.22. The molecule has 0 aliphatic heterocycles. The fourth-order valence-corrected chi connectivity index (χ4v) is 2.83. The maximum Gasteiger partial charge on any atom is 0.0682 e. The average Bonchev–Trinajstić information content (AvgIpc) is 2.81. The summed E-state index contributed by atoms with van der Waals surface area (Å²) in [6.45, 7) is 2.23. The zero-order chi connectivity index (χ0) is 13.2. The lowest BCUT2D eigenvalue weighted by molar-refractivity contribution is 0.282. The molecule has 2 aromatic carbocycles. The molecule has 0 saturated carbocycles. The van der Waals surface area contributed by atoms with Gasteiger partial charge in [-0.05, 0) is 48.6 Å². The number of aliphatic hydroxyl groups excluding tert-OH is 1. The van der Waals surface area contributed by atoms with Crippen LogP contribution in [0.25, 0.3) is 0 Å². The zero-order valence-corrected chi connectivity index (χ0v) is 11.2. The second kappa shape index (κ2) is 5.06. The van der Waals surface area contributed by atoms with Crippen LogP contribution in [-0.4, -0.2) is 5.11 Å². The Balaban J connectivity index is 1.84. The van der Waals surface area contributed by atoms with Crippen LogP contribution in [0.5, 0.6) is 0 Å². The van der Waals surface area contributed by atoms with Crippen LogP contribution in [0, 0.1) is 6.92 Å². The fraction of sp³-hybridized carbons (Fsp3) is 0.294. The lowest BCUT2D eigenvalue weighted by Crippen LogP contribution is -2.07. The van der Waals surface area contributed by atoms with Gasteiger partial charge in [-0.2, -0.15) is 0 Å². The molecule has 2 heteroatoms. The number of nitrogens with one attached hydrogen (secondary N) is 1. The van der Waals surface area contributed by atoms with Crippen LogP contribution in [0.15, 0.2) is 42.5 Å². The fourth-order valence-electron chi connectivity index (χ4n) is 2.83. The normalized spacial score (nSPS) is 17.3. The minimum absolute atomic E-state index is 0.0931. The zero-order valence-electron chi connectivity index (χ0n) is 11.2. The number of anilines is 1. The Morgan fingerprint density at radius 3 is 2.95 bits per heavy atom. The van der Waals surface area contributed by atoms with Gasteiger partial charge in [0.1, 0.15) is 0 Å². The Kier molecular flexibility index (Phi) is 3.26. The van der Waals surface area contributed by atoms with E-state index in [-0.39, 0.29) is 6.61 Å². The molecule has 1 aliphatic carbocycles. The van der Waals surface area contributed by atoms with Gasteiger partial charge in [-0.15, -0.1) is 0 Å². The van der Waals surface area contributed by atoms with E-state index in [2.05, 4.69) is 36.5 Å². The van der Waals surface area contributed by atoms with Crippen molar-refractivity contribution in [2.75, 3.05) is 5.32 Å². The molecule has 2 aromatic rings. The van der Waals surface area contributed by atoms with E-state index in [9.17, 15) is 5.11 Å². The van der Waals surface area contributed by atoms with Gasteiger partial charge in [0.15, 0.2) is 0 Å². The second-order valence-electron chi connectivity index (χ2n) is 5.30. The Hall–Kier alpha value is -1.80. The van der Waals surface area contributed by atoms with Crippen molar-refractivity contribution in [3.05, 3.63) is 64.7 Å². The highest BCUT2D eigenvalue weighted by Crippen LogP contribution is 2.34. The van der Waals surface area contributed by atoms with Gasteiger partial charge in [0, 0.05) is 5.69 Å².